The number of hydrogen-bond acceptors (Lipinski definition) is 4. The number of nitrogens with one attached hydrogen (secondary N) is 1. The summed E-state index contributed by atoms with van der Waals surface area (Å²) in [6, 6.07) is 18.8. The third-order valence-corrected chi connectivity index (χ3v) is 5.53. The van der Waals surface area contributed by atoms with Gasteiger partial charge in [0.1, 0.15) is 24.3 Å². The molecule has 3 heterocycles. The van der Waals surface area contributed by atoms with E-state index in [1.165, 1.54) is 6.33 Å². The van der Waals surface area contributed by atoms with Crippen molar-refractivity contribution in [2.24, 2.45) is 0 Å². The van der Waals surface area contributed by atoms with E-state index in [9.17, 15) is 8.78 Å². The first kappa shape index (κ1) is 21.5. The maximum atomic E-state index is 13.0. The standard InChI is InChI=1S/C26H21F2N5O/c27-24(28)10-9-23(19-7-4-8-21(13-19)34-16-18-5-2-1-3-6-18)33-15-20(14-32-33)25-22-11-12-29-26(22)31-17-30-25/h1-8,10-15,17,23H,9,16H2,(H,29,30,31). The molecule has 0 aliphatic rings. The minimum atomic E-state index is -1.72. The lowest BCUT2D eigenvalue weighted by molar-refractivity contribution is 0.305. The SMILES string of the molecule is FC(F)=CCC(c1cccc(OCc2ccccc2)c1)n1cc(-c2ncnc3[nH]ccc23)cn1. The number of benzene rings is 2. The third-order valence-electron chi connectivity index (χ3n) is 5.53. The van der Waals surface area contributed by atoms with Gasteiger partial charge in [-0.2, -0.15) is 13.9 Å². The molecule has 5 rings (SSSR count). The van der Waals surface area contributed by atoms with Crippen molar-refractivity contribution in [3.05, 3.63) is 109 Å². The van der Waals surface area contributed by atoms with E-state index in [4.69, 9.17) is 4.74 Å². The molecule has 0 saturated heterocycles. The van der Waals surface area contributed by atoms with Gasteiger partial charge in [0.15, 0.2) is 0 Å². The van der Waals surface area contributed by atoms with Crippen molar-refractivity contribution >= 4 is 11.0 Å². The van der Waals surface area contributed by atoms with Gasteiger partial charge in [-0.25, -0.2) is 9.97 Å². The fourth-order valence-corrected chi connectivity index (χ4v) is 3.88. The second-order valence-electron chi connectivity index (χ2n) is 7.76. The van der Waals surface area contributed by atoms with Crippen LogP contribution in [0.4, 0.5) is 8.78 Å². The predicted molar refractivity (Wildman–Crippen MR) is 125 cm³/mol. The van der Waals surface area contributed by atoms with Crippen molar-refractivity contribution in [3.63, 3.8) is 0 Å². The van der Waals surface area contributed by atoms with E-state index in [0.29, 0.717) is 12.4 Å². The number of H-pyrrole nitrogens is 1. The zero-order chi connectivity index (χ0) is 23.3. The van der Waals surface area contributed by atoms with E-state index >= 15 is 0 Å². The zero-order valence-corrected chi connectivity index (χ0v) is 18.1. The van der Waals surface area contributed by atoms with Gasteiger partial charge in [0, 0.05) is 23.3 Å². The van der Waals surface area contributed by atoms with Gasteiger partial charge in [-0.3, -0.25) is 4.68 Å². The van der Waals surface area contributed by atoms with Crippen LogP contribution in [0.2, 0.25) is 0 Å². The maximum absolute atomic E-state index is 13.0. The van der Waals surface area contributed by atoms with Gasteiger partial charge in [-0.15, -0.1) is 0 Å². The number of allylic oxidation sites excluding steroid dienone is 1. The number of rotatable bonds is 8. The fraction of sp³-hybridized carbons (Fsp3) is 0.115. The third kappa shape index (κ3) is 4.71. The van der Waals surface area contributed by atoms with Crippen molar-refractivity contribution in [3.8, 4) is 17.0 Å². The second-order valence-corrected chi connectivity index (χ2v) is 7.76. The zero-order valence-electron chi connectivity index (χ0n) is 18.1. The van der Waals surface area contributed by atoms with Gasteiger partial charge in [0.2, 0.25) is 0 Å². The molecule has 34 heavy (non-hydrogen) atoms. The summed E-state index contributed by atoms with van der Waals surface area (Å²) in [6.45, 7) is 0.417. The summed E-state index contributed by atoms with van der Waals surface area (Å²) in [6.07, 6.45) is 6.06. The van der Waals surface area contributed by atoms with E-state index < -0.39 is 12.1 Å². The molecule has 6 nitrogen and oxygen atoms in total. The molecule has 1 unspecified atom stereocenters. The molecule has 0 aliphatic carbocycles. The molecule has 2 aromatic carbocycles. The lowest BCUT2D eigenvalue weighted by Crippen LogP contribution is -2.11. The normalized spacial score (nSPS) is 11.9. The summed E-state index contributed by atoms with van der Waals surface area (Å²) in [4.78, 5) is 11.7. The first-order valence-electron chi connectivity index (χ1n) is 10.8. The van der Waals surface area contributed by atoms with Crippen LogP contribution in [0.25, 0.3) is 22.3 Å². The van der Waals surface area contributed by atoms with Gasteiger partial charge in [-0.05, 0) is 41.8 Å². The molecule has 0 saturated carbocycles. The highest BCUT2D eigenvalue weighted by Crippen LogP contribution is 2.30. The Balaban J connectivity index is 1.45. The van der Waals surface area contributed by atoms with E-state index in [1.54, 1.807) is 17.1 Å². The number of halogens is 2. The summed E-state index contributed by atoms with van der Waals surface area (Å²) in [5.41, 5.74) is 4.08. The summed E-state index contributed by atoms with van der Waals surface area (Å²) in [7, 11) is 0. The van der Waals surface area contributed by atoms with Crippen molar-refractivity contribution in [1.29, 1.82) is 0 Å². The number of hydrogen-bond donors (Lipinski definition) is 1. The second kappa shape index (κ2) is 9.66. The van der Waals surface area contributed by atoms with Crippen LogP contribution in [-0.4, -0.2) is 24.7 Å². The largest absolute Gasteiger partial charge is 0.489 e. The Kier molecular flexibility index (Phi) is 6.11. The van der Waals surface area contributed by atoms with Gasteiger partial charge in [0.05, 0.1) is 17.9 Å². The van der Waals surface area contributed by atoms with Crippen LogP contribution in [-0.2, 0) is 6.61 Å². The monoisotopic (exact) mass is 457 g/mol. The Hall–Kier alpha value is -4.33. The molecule has 0 spiro atoms. The van der Waals surface area contributed by atoms with E-state index in [1.807, 2.05) is 66.9 Å². The molecule has 0 radical (unpaired) electrons. The van der Waals surface area contributed by atoms with Crippen molar-refractivity contribution < 1.29 is 13.5 Å². The number of ether oxygens (including phenoxy) is 1. The van der Waals surface area contributed by atoms with Crippen LogP contribution in [0, 0.1) is 0 Å². The summed E-state index contributed by atoms with van der Waals surface area (Å²) < 4.78 is 33.7. The van der Waals surface area contributed by atoms with Gasteiger partial charge in [0.25, 0.3) is 6.08 Å². The molecular formula is C26H21F2N5O. The van der Waals surface area contributed by atoms with Crippen molar-refractivity contribution in [2.75, 3.05) is 0 Å². The number of aromatic nitrogens is 5. The topological polar surface area (TPSA) is 68.6 Å². The lowest BCUT2D eigenvalue weighted by atomic mass is 10.0. The quantitative estimate of drug-likeness (QED) is 0.303. The minimum Gasteiger partial charge on any atom is -0.489 e. The molecule has 1 N–H and O–H groups in total. The van der Waals surface area contributed by atoms with Crippen LogP contribution in [0.15, 0.2) is 97.7 Å². The minimum absolute atomic E-state index is 0.0783. The Morgan fingerprint density at radius 2 is 1.94 bits per heavy atom. The predicted octanol–water partition coefficient (Wildman–Crippen LogP) is 6.16. The average molecular weight is 457 g/mol. The number of nitrogens with zero attached hydrogens (tertiary/aromatic N) is 4. The highest BCUT2D eigenvalue weighted by molar-refractivity contribution is 5.89. The number of fused-ring (bicyclic) bond motifs is 1. The molecule has 0 amide bonds. The molecular weight excluding hydrogens is 436 g/mol. The Bertz CT molecular complexity index is 1420. The molecule has 0 fully saturated rings. The van der Waals surface area contributed by atoms with Crippen LogP contribution < -0.4 is 4.74 Å². The van der Waals surface area contributed by atoms with Crippen LogP contribution in [0.5, 0.6) is 5.75 Å². The molecule has 1 atom stereocenters. The van der Waals surface area contributed by atoms with E-state index in [2.05, 4.69) is 20.1 Å². The Labute approximate surface area is 194 Å². The summed E-state index contributed by atoms with van der Waals surface area (Å²) >= 11 is 0. The van der Waals surface area contributed by atoms with Crippen LogP contribution in [0.1, 0.15) is 23.6 Å². The highest BCUT2D eigenvalue weighted by atomic mass is 19.3. The average Bonchev–Trinajstić information content (AvgIpc) is 3.54. The summed E-state index contributed by atoms with van der Waals surface area (Å²) in [5.74, 6) is 0.660. The Morgan fingerprint density at radius 3 is 2.79 bits per heavy atom. The molecule has 5 aromatic rings. The molecule has 0 bridgehead atoms. The van der Waals surface area contributed by atoms with Crippen LogP contribution in [0.3, 0.4) is 0 Å². The van der Waals surface area contributed by atoms with E-state index in [0.717, 1.165) is 39.5 Å². The number of aromatic amines is 1. The van der Waals surface area contributed by atoms with Gasteiger partial charge < -0.3 is 9.72 Å². The smallest absolute Gasteiger partial charge is 0.266 e. The lowest BCUT2D eigenvalue weighted by Gasteiger charge is -2.17. The highest BCUT2D eigenvalue weighted by Gasteiger charge is 2.18. The van der Waals surface area contributed by atoms with Gasteiger partial charge in [-0.1, -0.05) is 42.5 Å². The molecule has 3 aromatic heterocycles. The van der Waals surface area contributed by atoms with Crippen molar-refractivity contribution in [1.82, 2.24) is 24.7 Å². The Morgan fingerprint density at radius 1 is 1.06 bits per heavy atom. The fourth-order valence-electron chi connectivity index (χ4n) is 3.88. The van der Waals surface area contributed by atoms with Crippen molar-refractivity contribution in [2.45, 2.75) is 19.1 Å². The molecule has 170 valence electrons. The van der Waals surface area contributed by atoms with Gasteiger partial charge >= 0.3 is 0 Å². The van der Waals surface area contributed by atoms with Crippen LogP contribution >= 0.6 is 0 Å². The molecule has 0 aliphatic heterocycles. The molecule has 8 heteroatoms. The first-order chi connectivity index (χ1) is 16.7. The summed E-state index contributed by atoms with van der Waals surface area (Å²) in [5, 5.41) is 5.36. The van der Waals surface area contributed by atoms with E-state index in [-0.39, 0.29) is 6.42 Å². The first-order valence-corrected chi connectivity index (χ1v) is 10.8. The maximum Gasteiger partial charge on any atom is 0.266 e.